The Kier molecular flexibility index (Phi) is 8.52. The van der Waals surface area contributed by atoms with Gasteiger partial charge in [-0.05, 0) is 32.4 Å². The Labute approximate surface area is 165 Å². The molecule has 1 aromatic rings. The molecule has 0 bridgehead atoms. The molecule has 2 amide bonds. The number of rotatable bonds is 11. The minimum atomic E-state index is -0.525. The van der Waals surface area contributed by atoms with Gasteiger partial charge in [0.15, 0.2) is 0 Å². The van der Waals surface area contributed by atoms with Crippen molar-refractivity contribution >= 4 is 18.3 Å². The van der Waals surface area contributed by atoms with E-state index < -0.39 is 5.92 Å². The molecule has 0 aliphatic heterocycles. The standard InChI is InChI=1S/C18H31N7O3/c1-13-5-4-6-14(13)9-15(10-25(28)12-26)17(27)22-23-18-20-11-19-16(21-18)7-8-24(2)3/h11-15,28H,4-10H2,1-3H3,(H,22,27)(H,19,20,21,23)/t13?,14?,15-/m1/s1. The van der Waals surface area contributed by atoms with E-state index in [0.717, 1.165) is 25.8 Å². The van der Waals surface area contributed by atoms with E-state index in [1.807, 2.05) is 19.0 Å². The van der Waals surface area contributed by atoms with Gasteiger partial charge in [-0.15, -0.1) is 0 Å². The molecule has 0 aromatic carbocycles. The van der Waals surface area contributed by atoms with Crippen LogP contribution in [0.3, 0.4) is 0 Å². The number of carbonyl (C=O) groups excluding carboxylic acids is 2. The van der Waals surface area contributed by atoms with Crippen molar-refractivity contribution in [3.8, 4) is 0 Å². The normalized spacial score (nSPS) is 20.0. The summed E-state index contributed by atoms with van der Waals surface area (Å²) in [6.45, 7) is 2.93. The molecular weight excluding hydrogens is 362 g/mol. The summed E-state index contributed by atoms with van der Waals surface area (Å²) >= 11 is 0. The first-order valence-electron chi connectivity index (χ1n) is 9.68. The van der Waals surface area contributed by atoms with Gasteiger partial charge < -0.3 is 4.90 Å². The topological polar surface area (TPSA) is 124 Å². The smallest absolute Gasteiger partial charge is 0.245 e. The molecule has 10 heteroatoms. The second-order valence-corrected chi connectivity index (χ2v) is 7.72. The number of hydrazine groups is 1. The SMILES string of the molecule is CC1CCCC1C[C@H](CN(O)C=O)C(=O)NNc1ncnc(CCN(C)C)n1. The number of hydrogen-bond acceptors (Lipinski definition) is 8. The largest absolute Gasteiger partial charge is 0.309 e. The van der Waals surface area contributed by atoms with E-state index in [2.05, 4.69) is 32.7 Å². The van der Waals surface area contributed by atoms with Crippen molar-refractivity contribution in [2.75, 3.05) is 32.6 Å². The lowest BCUT2D eigenvalue weighted by Crippen LogP contribution is -2.41. The van der Waals surface area contributed by atoms with Crippen LogP contribution in [0, 0.1) is 17.8 Å². The summed E-state index contributed by atoms with van der Waals surface area (Å²) in [7, 11) is 3.94. The number of nitrogens with one attached hydrogen (secondary N) is 2. The van der Waals surface area contributed by atoms with Gasteiger partial charge >= 0.3 is 0 Å². The lowest BCUT2D eigenvalue weighted by atomic mass is 9.87. The Hall–Kier alpha value is -2.33. The Bertz CT molecular complexity index is 643. The Morgan fingerprint density at radius 3 is 2.82 bits per heavy atom. The highest BCUT2D eigenvalue weighted by Crippen LogP contribution is 2.35. The van der Waals surface area contributed by atoms with Gasteiger partial charge in [0.1, 0.15) is 12.2 Å². The minimum absolute atomic E-state index is 0.0501. The summed E-state index contributed by atoms with van der Waals surface area (Å²) in [5.41, 5.74) is 5.32. The molecule has 1 aliphatic rings. The number of hydrogen-bond donors (Lipinski definition) is 3. The molecule has 3 N–H and O–H groups in total. The van der Waals surface area contributed by atoms with E-state index in [0.29, 0.717) is 42.0 Å². The molecule has 0 saturated heterocycles. The quantitative estimate of drug-likeness (QED) is 0.285. The number of amides is 2. The number of hydroxylamine groups is 2. The zero-order valence-corrected chi connectivity index (χ0v) is 16.8. The fraction of sp³-hybridized carbons (Fsp3) is 0.722. The van der Waals surface area contributed by atoms with E-state index in [1.165, 1.54) is 6.33 Å². The Morgan fingerprint density at radius 1 is 1.39 bits per heavy atom. The molecular formula is C18H31N7O3. The summed E-state index contributed by atoms with van der Waals surface area (Å²) in [5.74, 6) is 0.985. The van der Waals surface area contributed by atoms with E-state index in [9.17, 15) is 14.8 Å². The lowest BCUT2D eigenvalue weighted by Gasteiger charge is -2.24. The van der Waals surface area contributed by atoms with Crippen LogP contribution in [0.1, 0.15) is 38.4 Å². The first kappa shape index (κ1) is 22.0. The van der Waals surface area contributed by atoms with Crippen molar-refractivity contribution in [2.24, 2.45) is 17.8 Å². The maximum Gasteiger partial charge on any atom is 0.245 e. The molecule has 0 radical (unpaired) electrons. The number of likely N-dealkylation sites (N-methyl/N-ethyl adjacent to an activating group) is 1. The maximum absolute atomic E-state index is 12.7. The summed E-state index contributed by atoms with van der Waals surface area (Å²) in [5, 5.41) is 10.1. The van der Waals surface area contributed by atoms with Gasteiger partial charge in [-0.3, -0.25) is 25.6 Å². The van der Waals surface area contributed by atoms with Crippen molar-refractivity contribution in [3.05, 3.63) is 12.2 Å². The second kappa shape index (κ2) is 10.9. The van der Waals surface area contributed by atoms with E-state index in [4.69, 9.17) is 0 Å². The predicted octanol–water partition coefficient (Wildman–Crippen LogP) is 0.709. The van der Waals surface area contributed by atoms with E-state index >= 15 is 0 Å². The molecule has 1 aromatic heterocycles. The predicted molar refractivity (Wildman–Crippen MR) is 103 cm³/mol. The van der Waals surface area contributed by atoms with Gasteiger partial charge in [0.25, 0.3) is 0 Å². The average molecular weight is 393 g/mol. The zero-order valence-electron chi connectivity index (χ0n) is 16.8. The van der Waals surface area contributed by atoms with Crippen molar-refractivity contribution in [3.63, 3.8) is 0 Å². The molecule has 2 unspecified atom stereocenters. The van der Waals surface area contributed by atoms with Crippen molar-refractivity contribution in [1.29, 1.82) is 0 Å². The lowest BCUT2D eigenvalue weighted by molar-refractivity contribution is -0.155. The molecule has 10 nitrogen and oxygen atoms in total. The van der Waals surface area contributed by atoms with Gasteiger partial charge in [-0.1, -0.05) is 26.2 Å². The third kappa shape index (κ3) is 7.01. The number of anilines is 1. The van der Waals surface area contributed by atoms with E-state index in [1.54, 1.807) is 0 Å². The molecule has 2 rings (SSSR count). The molecule has 0 spiro atoms. The summed E-state index contributed by atoms with van der Waals surface area (Å²) < 4.78 is 0. The van der Waals surface area contributed by atoms with Gasteiger partial charge in [0, 0.05) is 13.0 Å². The van der Waals surface area contributed by atoms with Crippen LogP contribution in [0.5, 0.6) is 0 Å². The van der Waals surface area contributed by atoms with Gasteiger partial charge in [-0.25, -0.2) is 10.0 Å². The molecule has 1 fully saturated rings. The van der Waals surface area contributed by atoms with Crippen molar-refractivity contribution in [1.82, 2.24) is 30.3 Å². The molecule has 1 saturated carbocycles. The highest BCUT2D eigenvalue weighted by atomic mass is 16.5. The number of aromatic nitrogens is 3. The Balaban J connectivity index is 1.94. The molecule has 1 heterocycles. The van der Waals surface area contributed by atoms with Crippen LogP contribution in [0.15, 0.2) is 6.33 Å². The summed E-state index contributed by atoms with van der Waals surface area (Å²) in [6.07, 6.45) is 6.35. The van der Waals surface area contributed by atoms with Crippen LogP contribution in [0.25, 0.3) is 0 Å². The van der Waals surface area contributed by atoms with Crippen LogP contribution < -0.4 is 10.9 Å². The third-order valence-electron chi connectivity index (χ3n) is 5.23. The Morgan fingerprint density at radius 2 is 2.18 bits per heavy atom. The van der Waals surface area contributed by atoms with Crippen LogP contribution in [-0.4, -0.2) is 69.6 Å². The first-order chi connectivity index (χ1) is 13.4. The summed E-state index contributed by atoms with van der Waals surface area (Å²) in [6, 6.07) is 0. The molecule has 3 atom stereocenters. The number of nitrogens with zero attached hydrogens (tertiary/aromatic N) is 5. The fourth-order valence-electron chi connectivity index (χ4n) is 3.53. The zero-order chi connectivity index (χ0) is 20.5. The van der Waals surface area contributed by atoms with Gasteiger partial charge in [0.2, 0.25) is 18.3 Å². The molecule has 28 heavy (non-hydrogen) atoms. The van der Waals surface area contributed by atoms with Crippen molar-refractivity contribution < 1.29 is 14.8 Å². The first-order valence-corrected chi connectivity index (χ1v) is 9.68. The number of carbonyl (C=O) groups is 2. The van der Waals surface area contributed by atoms with Crippen LogP contribution in [-0.2, 0) is 16.0 Å². The third-order valence-corrected chi connectivity index (χ3v) is 5.23. The van der Waals surface area contributed by atoms with E-state index in [-0.39, 0.29) is 18.4 Å². The van der Waals surface area contributed by atoms with Crippen LogP contribution in [0.4, 0.5) is 5.95 Å². The van der Waals surface area contributed by atoms with Crippen molar-refractivity contribution in [2.45, 2.75) is 39.0 Å². The minimum Gasteiger partial charge on any atom is -0.309 e. The summed E-state index contributed by atoms with van der Waals surface area (Å²) in [4.78, 5) is 37.9. The highest BCUT2D eigenvalue weighted by molar-refractivity contribution is 5.80. The van der Waals surface area contributed by atoms with Gasteiger partial charge in [0.05, 0.1) is 12.5 Å². The monoisotopic (exact) mass is 393 g/mol. The maximum atomic E-state index is 12.7. The highest BCUT2D eigenvalue weighted by Gasteiger charge is 2.30. The average Bonchev–Trinajstić information content (AvgIpc) is 3.08. The molecule has 156 valence electrons. The molecule has 1 aliphatic carbocycles. The van der Waals surface area contributed by atoms with Gasteiger partial charge in [-0.2, -0.15) is 9.97 Å². The van der Waals surface area contributed by atoms with Crippen LogP contribution >= 0.6 is 0 Å². The van der Waals surface area contributed by atoms with Crippen LogP contribution in [0.2, 0.25) is 0 Å². The second-order valence-electron chi connectivity index (χ2n) is 7.72. The fourth-order valence-corrected chi connectivity index (χ4v) is 3.53.